The third-order valence-electron chi connectivity index (χ3n) is 4.17. The average Bonchev–Trinajstić information content (AvgIpc) is 3.29. The molecule has 5 nitrogen and oxygen atoms in total. The first kappa shape index (κ1) is 17.5. The largest absolute Gasteiger partial charge is 0.454 e. The van der Waals surface area contributed by atoms with Crippen molar-refractivity contribution in [3.63, 3.8) is 0 Å². The second kappa shape index (κ2) is 7.36. The molecule has 27 heavy (non-hydrogen) atoms. The van der Waals surface area contributed by atoms with Crippen molar-refractivity contribution < 1.29 is 13.9 Å². The Morgan fingerprint density at radius 2 is 2.00 bits per heavy atom. The highest BCUT2D eigenvalue weighted by Crippen LogP contribution is 2.32. The van der Waals surface area contributed by atoms with Crippen LogP contribution in [0.4, 0.5) is 4.39 Å². The summed E-state index contributed by atoms with van der Waals surface area (Å²) in [5, 5.41) is 6.62. The van der Waals surface area contributed by atoms with Crippen LogP contribution in [0.5, 0.6) is 11.5 Å². The lowest BCUT2D eigenvalue weighted by molar-refractivity contribution is 0.174. The molecule has 0 spiro atoms. The maximum atomic E-state index is 14.3. The summed E-state index contributed by atoms with van der Waals surface area (Å²) in [5.41, 5.74) is 2.83. The van der Waals surface area contributed by atoms with Crippen molar-refractivity contribution in [3.8, 4) is 22.8 Å². The number of thiazole rings is 1. The fourth-order valence-electron chi connectivity index (χ4n) is 2.82. The van der Waals surface area contributed by atoms with Gasteiger partial charge in [0.25, 0.3) is 0 Å². The molecule has 3 aromatic rings. The van der Waals surface area contributed by atoms with Gasteiger partial charge >= 0.3 is 0 Å². The molecule has 0 atom stereocenters. The number of fused-ring (bicyclic) bond motifs is 1. The third kappa shape index (κ3) is 3.38. The lowest BCUT2D eigenvalue weighted by Crippen LogP contribution is -2.14. The van der Waals surface area contributed by atoms with Crippen molar-refractivity contribution in [1.29, 1.82) is 0 Å². The van der Waals surface area contributed by atoms with E-state index in [1.54, 1.807) is 16.8 Å². The van der Waals surface area contributed by atoms with E-state index in [-0.39, 0.29) is 12.6 Å². The Bertz CT molecular complexity index is 1080. The maximum Gasteiger partial charge on any atom is 0.231 e. The van der Waals surface area contributed by atoms with Gasteiger partial charge in [0.1, 0.15) is 5.82 Å². The molecule has 0 bridgehead atoms. The van der Waals surface area contributed by atoms with Gasteiger partial charge in [0.05, 0.1) is 11.4 Å². The van der Waals surface area contributed by atoms with Gasteiger partial charge < -0.3 is 9.47 Å². The molecule has 4 rings (SSSR count). The molecule has 2 aromatic carbocycles. The summed E-state index contributed by atoms with van der Waals surface area (Å²) in [4.78, 5) is 5.21. The first-order valence-corrected chi connectivity index (χ1v) is 9.47. The fraction of sp³-hybridized carbons (Fsp3) is 0.200. The summed E-state index contributed by atoms with van der Waals surface area (Å²) >= 11 is 1.44. The number of halogens is 1. The van der Waals surface area contributed by atoms with Gasteiger partial charge in [-0.15, -0.1) is 11.3 Å². The van der Waals surface area contributed by atoms with Crippen LogP contribution in [0.3, 0.4) is 0 Å². The number of benzene rings is 2. The monoisotopic (exact) mass is 383 g/mol. The SMILES string of the molecule is CCN=c1scc(-c2ccccc2F)n1N=C(C)c1ccc2c(c1)OCO2. The number of rotatable bonds is 4. The van der Waals surface area contributed by atoms with Gasteiger partial charge in [-0.3, -0.25) is 4.99 Å². The van der Waals surface area contributed by atoms with E-state index in [9.17, 15) is 4.39 Å². The maximum absolute atomic E-state index is 14.3. The predicted octanol–water partition coefficient (Wildman–Crippen LogP) is 4.28. The summed E-state index contributed by atoms with van der Waals surface area (Å²) in [5.74, 6) is 1.14. The molecule has 0 unspecified atom stereocenters. The van der Waals surface area contributed by atoms with Crippen LogP contribution < -0.4 is 14.3 Å². The Balaban J connectivity index is 1.83. The summed E-state index contributed by atoms with van der Waals surface area (Å²) in [6.07, 6.45) is 0. The van der Waals surface area contributed by atoms with Gasteiger partial charge in [0.15, 0.2) is 11.5 Å². The molecule has 0 N–H and O–H groups in total. The summed E-state index contributed by atoms with van der Waals surface area (Å²) in [6.45, 7) is 4.71. The van der Waals surface area contributed by atoms with Crippen LogP contribution >= 0.6 is 11.3 Å². The van der Waals surface area contributed by atoms with E-state index >= 15 is 0 Å². The van der Waals surface area contributed by atoms with Crippen LogP contribution in [0, 0.1) is 5.82 Å². The number of hydrogen-bond donors (Lipinski definition) is 0. The zero-order valence-corrected chi connectivity index (χ0v) is 15.8. The Hall–Kier alpha value is -2.93. The molecule has 0 aliphatic carbocycles. The summed E-state index contributed by atoms with van der Waals surface area (Å²) in [6, 6.07) is 12.4. The lowest BCUT2D eigenvalue weighted by Gasteiger charge is -2.07. The summed E-state index contributed by atoms with van der Waals surface area (Å²) in [7, 11) is 0. The number of hydrogen-bond acceptors (Lipinski definition) is 5. The molecule has 1 aliphatic heterocycles. The first-order valence-electron chi connectivity index (χ1n) is 8.59. The molecule has 0 saturated carbocycles. The minimum absolute atomic E-state index is 0.227. The van der Waals surface area contributed by atoms with E-state index in [1.165, 1.54) is 17.4 Å². The summed E-state index contributed by atoms with van der Waals surface area (Å²) < 4.78 is 26.8. The molecule has 0 amide bonds. The Morgan fingerprint density at radius 3 is 2.81 bits per heavy atom. The van der Waals surface area contributed by atoms with Crippen molar-refractivity contribution in [2.75, 3.05) is 13.3 Å². The zero-order valence-electron chi connectivity index (χ0n) is 15.0. The van der Waals surface area contributed by atoms with Gasteiger partial charge in [-0.05, 0) is 44.2 Å². The molecule has 0 radical (unpaired) electrons. The molecule has 1 aliphatic rings. The second-order valence-corrected chi connectivity index (χ2v) is 6.76. The van der Waals surface area contributed by atoms with Crippen molar-refractivity contribution in [1.82, 2.24) is 4.68 Å². The topological polar surface area (TPSA) is 48.1 Å². The Kier molecular flexibility index (Phi) is 4.77. The normalized spacial score (nSPS) is 14.0. The second-order valence-electron chi connectivity index (χ2n) is 5.92. The molecule has 0 saturated heterocycles. The van der Waals surface area contributed by atoms with Crippen LogP contribution in [0.1, 0.15) is 19.4 Å². The van der Waals surface area contributed by atoms with Gasteiger partial charge in [-0.25, -0.2) is 9.07 Å². The van der Waals surface area contributed by atoms with E-state index in [2.05, 4.69) is 4.99 Å². The molecule has 138 valence electrons. The van der Waals surface area contributed by atoms with E-state index in [1.807, 2.05) is 43.5 Å². The van der Waals surface area contributed by atoms with Crippen molar-refractivity contribution in [3.05, 3.63) is 64.0 Å². The van der Waals surface area contributed by atoms with Gasteiger partial charge in [-0.1, -0.05) is 12.1 Å². The van der Waals surface area contributed by atoms with Crippen LogP contribution in [-0.2, 0) is 0 Å². The van der Waals surface area contributed by atoms with E-state index in [0.717, 1.165) is 21.8 Å². The van der Waals surface area contributed by atoms with Crippen LogP contribution in [-0.4, -0.2) is 23.7 Å². The van der Waals surface area contributed by atoms with Crippen LogP contribution in [0.15, 0.2) is 57.9 Å². The molecular formula is C20H18FN3O2S. The van der Waals surface area contributed by atoms with Gasteiger partial charge in [0, 0.05) is 23.1 Å². The zero-order chi connectivity index (χ0) is 18.8. The number of ether oxygens (including phenoxy) is 2. The molecule has 0 fully saturated rings. The lowest BCUT2D eigenvalue weighted by atomic mass is 10.1. The Morgan fingerprint density at radius 1 is 1.19 bits per heavy atom. The Labute approximate surface area is 160 Å². The number of nitrogens with zero attached hydrogens (tertiary/aromatic N) is 3. The molecule has 2 heterocycles. The van der Waals surface area contributed by atoms with E-state index < -0.39 is 0 Å². The molecular weight excluding hydrogens is 365 g/mol. The van der Waals surface area contributed by atoms with Crippen LogP contribution in [0.2, 0.25) is 0 Å². The van der Waals surface area contributed by atoms with Crippen molar-refractivity contribution >= 4 is 17.0 Å². The van der Waals surface area contributed by atoms with Crippen molar-refractivity contribution in [2.24, 2.45) is 10.1 Å². The quantitative estimate of drug-likeness (QED) is 0.632. The first-order chi connectivity index (χ1) is 13.2. The van der Waals surface area contributed by atoms with E-state index in [0.29, 0.717) is 23.6 Å². The minimum atomic E-state index is -0.289. The van der Waals surface area contributed by atoms with Crippen LogP contribution in [0.25, 0.3) is 11.3 Å². The molecule has 7 heteroatoms. The third-order valence-corrected chi connectivity index (χ3v) is 5.02. The average molecular weight is 383 g/mol. The predicted molar refractivity (Wildman–Crippen MR) is 104 cm³/mol. The van der Waals surface area contributed by atoms with Crippen molar-refractivity contribution in [2.45, 2.75) is 13.8 Å². The minimum Gasteiger partial charge on any atom is -0.454 e. The highest BCUT2D eigenvalue weighted by molar-refractivity contribution is 7.07. The highest BCUT2D eigenvalue weighted by Gasteiger charge is 2.15. The number of aromatic nitrogens is 1. The van der Waals surface area contributed by atoms with Gasteiger partial charge in [-0.2, -0.15) is 5.10 Å². The van der Waals surface area contributed by atoms with Gasteiger partial charge in [0.2, 0.25) is 11.6 Å². The smallest absolute Gasteiger partial charge is 0.231 e. The molecule has 1 aromatic heterocycles. The fourth-order valence-corrected chi connectivity index (χ4v) is 3.71. The standard InChI is InChI=1S/C20H18FN3O2S/c1-3-22-20-24(17(11-27-20)15-6-4-5-7-16(15)21)23-13(2)14-8-9-18-19(10-14)26-12-25-18/h4-11H,3,12H2,1-2H3. The highest BCUT2D eigenvalue weighted by atomic mass is 32.1. The van der Waals surface area contributed by atoms with E-state index in [4.69, 9.17) is 14.6 Å².